The Morgan fingerprint density at radius 2 is 1.81 bits per heavy atom. The van der Waals surface area contributed by atoms with E-state index in [1.807, 2.05) is 25.1 Å². The quantitative estimate of drug-likeness (QED) is 0.194. The lowest BCUT2D eigenvalue weighted by Crippen LogP contribution is -2.30. The minimum absolute atomic E-state index is 0.0596. The van der Waals surface area contributed by atoms with Gasteiger partial charge in [-0.15, -0.1) is 0 Å². The Hall–Kier alpha value is -4.41. The Balaban J connectivity index is 1.44. The van der Waals surface area contributed by atoms with E-state index in [0.717, 1.165) is 91.1 Å². The van der Waals surface area contributed by atoms with Gasteiger partial charge in [0.15, 0.2) is 5.58 Å². The Morgan fingerprint density at radius 3 is 2.60 bits per heavy atom. The molecular weight excluding hydrogens is 633 g/mol. The predicted octanol–water partition coefficient (Wildman–Crippen LogP) is 7.25. The number of ether oxygens (including phenoxy) is 1. The molecule has 0 bridgehead atoms. The first-order valence-electron chi connectivity index (χ1n) is 16.6. The lowest BCUT2D eigenvalue weighted by molar-refractivity contribution is 0.0639. The van der Waals surface area contributed by atoms with Crippen LogP contribution in [0.25, 0.3) is 33.4 Å². The summed E-state index contributed by atoms with van der Waals surface area (Å²) >= 11 is 5.89. The molecule has 0 saturated carbocycles. The molecule has 9 nitrogen and oxygen atoms in total. The van der Waals surface area contributed by atoms with Gasteiger partial charge in [-0.25, -0.2) is 9.18 Å². The highest BCUT2D eigenvalue weighted by molar-refractivity contribution is 6.30. The molecule has 1 aromatic carbocycles. The van der Waals surface area contributed by atoms with Crippen LogP contribution in [0.1, 0.15) is 78.1 Å². The average molecular weight is 670 g/mol. The summed E-state index contributed by atoms with van der Waals surface area (Å²) in [5.41, 5.74) is 7.23. The normalized spacial score (nSPS) is 17.2. The molecule has 11 heteroatoms. The standard InChI is InChI=1S/C37H37ClFN5O4/c1-21-4-3-12-41-36(45)34-33(24-6-8-30-31(17-24)48-37(46)44(30)20-29-27(39)18-26(38)19-42-29)32(25-9-13-40-22(2)16-25)28(43-35(21)34)7-5-23-10-14-47-15-11-23/h6,8-9,13,16-19,21,23H,3-5,7,10-12,14-15,20H2,1-2H3,(H,41,45)/t21-/m1/s1. The van der Waals surface area contributed by atoms with E-state index in [-0.39, 0.29) is 29.1 Å². The zero-order valence-electron chi connectivity index (χ0n) is 27.0. The first kappa shape index (κ1) is 32.2. The summed E-state index contributed by atoms with van der Waals surface area (Å²) in [6.45, 7) is 6.07. The van der Waals surface area contributed by atoms with E-state index in [1.54, 1.807) is 18.3 Å². The summed E-state index contributed by atoms with van der Waals surface area (Å²) in [5, 5.41) is 3.29. The second-order valence-electron chi connectivity index (χ2n) is 12.9. The monoisotopic (exact) mass is 669 g/mol. The second-order valence-corrected chi connectivity index (χ2v) is 13.3. The fourth-order valence-corrected chi connectivity index (χ4v) is 7.16. The number of carbonyl (C=O) groups excluding carboxylic acids is 1. The van der Waals surface area contributed by atoms with Crippen LogP contribution >= 0.6 is 11.6 Å². The zero-order chi connectivity index (χ0) is 33.4. The van der Waals surface area contributed by atoms with Gasteiger partial charge in [0, 0.05) is 54.7 Å². The molecule has 0 radical (unpaired) electrons. The van der Waals surface area contributed by atoms with Gasteiger partial charge in [0.2, 0.25) is 0 Å². The number of hydrogen-bond acceptors (Lipinski definition) is 7. The van der Waals surface area contributed by atoms with Crippen LogP contribution in [0.3, 0.4) is 0 Å². The highest BCUT2D eigenvalue weighted by Crippen LogP contribution is 2.43. The number of fused-ring (bicyclic) bond motifs is 2. The van der Waals surface area contributed by atoms with Crippen LogP contribution in [0.5, 0.6) is 0 Å². The number of aryl methyl sites for hydroxylation is 2. The number of amides is 1. The third-order valence-electron chi connectivity index (χ3n) is 9.56. The number of oxazole rings is 1. The molecule has 1 atom stereocenters. The van der Waals surface area contributed by atoms with Crippen molar-refractivity contribution in [3.05, 3.63) is 98.5 Å². The third-order valence-corrected chi connectivity index (χ3v) is 9.76. The number of nitrogens with one attached hydrogen (secondary N) is 1. The molecule has 6 heterocycles. The van der Waals surface area contributed by atoms with E-state index >= 15 is 0 Å². The van der Waals surface area contributed by atoms with Gasteiger partial charge in [0.25, 0.3) is 5.91 Å². The van der Waals surface area contributed by atoms with Gasteiger partial charge in [-0.1, -0.05) is 24.6 Å². The second kappa shape index (κ2) is 13.6. The van der Waals surface area contributed by atoms with E-state index in [2.05, 4.69) is 22.2 Å². The van der Waals surface area contributed by atoms with E-state index in [1.165, 1.54) is 16.8 Å². The van der Waals surface area contributed by atoms with Crippen molar-refractivity contribution in [1.82, 2.24) is 24.8 Å². The summed E-state index contributed by atoms with van der Waals surface area (Å²) in [5.74, 6) is -0.836. The summed E-state index contributed by atoms with van der Waals surface area (Å²) in [7, 11) is 0. The van der Waals surface area contributed by atoms with Gasteiger partial charge in [0.05, 0.1) is 34.0 Å². The van der Waals surface area contributed by atoms with Crippen LogP contribution < -0.4 is 11.1 Å². The van der Waals surface area contributed by atoms with E-state index in [9.17, 15) is 14.0 Å². The molecule has 1 fully saturated rings. The molecule has 5 aromatic rings. The predicted molar refractivity (Wildman–Crippen MR) is 182 cm³/mol. The molecule has 1 amide bonds. The Morgan fingerprint density at radius 1 is 1.00 bits per heavy atom. The van der Waals surface area contributed by atoms with Gasteiger partial charge >= 0.3 is 5.76 Å². The molecule has 48 heavy (non-hydrogen) atoms. The lowest BCUT2D eigenvalue weighted by atomic mass is 9.83. The maximum Gasteiger partial charge on any atom is 0.420 e. The van der Waals surface area contributed by atoms with E-state index < -0.39 is 11.6 Å². The van der Waals surface area contributed by atoms with E-state index in [4.69, 9.17) is 25.7 Å². The van der Waals surface area contributed by atoms with Crippen LogP contribution in [0.4, 0.5) is 4.39 Å². The van der Waals surface area contributed by atoms with Crippen molar-refractivity contribution in [2.75, 3.05) is 19.8 Å². The van der Waals surface area contributed by atoms with Crippen molar-refractivity contribution in [3.63, 3.8) is 0 Å². The number of halogens is 2. The Labute approximate surface area is 282 Å². The molecular formula is C37H37ClFN5O4. The van der Waals surface area contributed by atoms with Gasteiger partial charge in [0.1, 0.15) is 5.82 Å². The molecule has 1 N–H and O–H groups in total. The van der Waals surface area contributed by atoms with Crippen LogP contribution in [0.2, 0.25) is 5.02 Å². The highest BCUT2D eigenvalue weighted by atomic mass is 35.5. The number of aromatic nitrogens is 4. The van der Waals surface area contributed by atoms with Gasteiger partial charge in [-0.05, 0) is 98.7 Å². The maximum absolute atomic E-state index is 14.7. The highest BCUT2D eigenvalue weighted by Gasteiger charge is 2.30. The van der Waals surface area contributed by atoms with Crippen LogP contribution in [-0.2, 0) is 17.7 Å². The van der Waals surface area contributed by atoms with E-state index in [0.29, 0.717) is 29.1 Å². The molecule has 4 aromatic heterocycles. The molecule has 7 rings (SSSR count). The van der Waals surface area contributed by atoms with Crippen molar-refractivity contribution in [2.45, 2.75) is 64.8 Å². The smallest absolute Gasteiger partial charge is 0.408 e. The number of rotatable bonds is 7. The Kier molecular flexibility index (Phi) is 9.11. The zero-order valence-corrected chi connectivity index (χ0v) is 27.8. The molecule has 0 spiro atoms. The van der Waals surface area contributed by atoms with Crippen LogP contribution in [0, 0.1) is 18.7 Å². The summed E-state index contributed by atoms with van der Waals surface area (Å²) < 4.78 is 27.4. The van der Waals surface area contributed by atoms with Crippen LogP contribution in [-0.4, -0.2) is 45.2 Å². The van der Waals surface area contributed by atoms with Crippen molar-refractivity contribution in [3.8, 4) is 22.3 Å². The first-order chi connectivity index (χ1) is 23.3. The average Bonchev–Trinajstić information content (AvgIpc) is 3.39. The van der Waals surface area contributed by atoms with Crippen molar-refractivity contribution in [2.24, 2.45) is 5.92 Å². The number of pyridine rings is 3. The third kappa shape index (κ3) is 6.39. The van der Waals surface area contributed by atoms with Gasteiger partial charge in [-0.3, -0.25) is 24.3 Å². The van der Waals surface area contributed by atoms with Crippen molar-refractivity contribution in [1.29, 1.82) is 0 Å². The number of carbonyl (C=O) groups is 1. The topological polar surface area (TPSA) is 112 Å². The number of nitrogens with zero attached hydrogens (tertiary/aromatic N) is 4. The summed E-state index contributed by atoms with van der Waals surface area (Å²) in [6.07, 6.45) is 8.60. The molecule has 2 aliphatic rings. The van der Waals surface area contributed by atoms with Crippen LogP contribution in [0.15, 0.2) is 58.0 Å². The van der Waals surface area contributed by atoms with Crippen molar-refractivity contribution < 1.29 is 18.3 Å². The fourth-order valence-electron chi connectivity index (χ4n) is 7.01. The molecule has 2 aliphatic heterocycles. The fraction of sp³-hybridized carbons (Fsp3) is 0.378. The summed E-state index contributed by atoms with van der Waals surface area (Å²) in [6, 6.07) is 10.6. The van der Waals surface area contributed by atoms with Crippen molar-refractivity contribution >= 4 is 28.6 Å². The van der Waals surface area contributed by atoms with Gasteiger partial charge < -0.3 is 14.5 Å². The summed E-state index contributed by atoms with van der Waals surface area (Å²) in [4.78, 5) is 41.0. The Bertz CT molecular complexity index is 2070. The molecule has 248 valence electrons. The maximum atomic E-state index is 14.7. The SMILES string of the molecule is Cc1cc(-c2c(CCC3CCOCC3)nc3c(c2-c2ccc4c(c2)oc(=O)n4Cc2ncc(Cl)cc2F)C(=O)NCCC[C@H]3C)ccn1. The molecule has 0 aliphatic carbocycles. The number of hydrogen-bond donors (Lipinski definition) is 1. The number of benzene rings is 1. The lowest BCUT2D eigenvalue weighted by Gasteiger charge is -2.27. The molecule has 1 saturated heterocycles. The molecule has 0 unspecified atom stereocenters. The first-order valence-corrected chi connectivity index (χ1v) is 16.9. The largest absolute Gasteiger partial charge is 0.420 e. The minimum Gasteiger partial charge on any atom is -0.408 e. The van der Waals surface area contributed by atoms with Gasteiger partial charge in [-0.2, -0.15) is 0 Å². The minimum atomic E-state index is -0.642.